The van der Waals surface area contributed by atoms with Crippen molar-refractivity contribution in [3.05, 3.63) is 29.8 Å². The van der Waals surface area contributed by atoms with Gasteiger partial charge in [0.25, 0.3) is 6.43 Å². The summed E-state index contributed by atoms with van der Waals surface area (Å²) in [7, 11) is -2.69. The summed E-state index contributed by atoms with van der Waals surface area (Å²) in [6, 6.07) is 6.74. The second-order valence-corrected chi connectivity index (χ2v) is 7.22. The molecule has 0 aliphatic rings. The third-order valence-electron chi connectivity index (χ3n) is 2.99. The lowest BCUT2D eigenvalue weighted by Gasteiger charge is -2.16. The van der Waals surface area contributed by atoms with Crippen LogP contribution in [0.25, 0.3) is 0 Å². The Morgan fingerprint density at radius 2 is 1.76 bits per heavy atom. The lowest BCUT2D eigenvalue weighted by Crippen LogP contribution is -2.31. The molecule has 0 aliphatic heterocycles. The van der Waals surface area contributed by atoms with E-state index in [1.165, 1.54) is 12.1 Å². The van der Waals surface area contributed by atoms with E-state index in [1.807, 2.05) is 0 Å². The van der Waals surface area contributed by atoms with Gasteiger partial charge in [0.15, 0.2) is 0 Å². The summed E-state index contributed by atoms with van der Waals surface area (Å²) in [4.78, 5) is 0.0335. The zero-order valence-electron chi connectivity index (χ0n) is 12.5. The summed E-state index contributed by atoms with van der Waals surface area (Å²) in [5, 5.41) is 3.27. The average molecular weight is 320 g/mol. The molecule has 0 spiro atoms. The van der Waals surface area contributed by atoms with Crippen molar-refractivity contribution in [2.75, 3.05) is 20.1 Å². The fourth-order valence-corrected chi connectivity index (χ4v) is 2.95. The predicted molar refractivity (Wildman–Crippen MR) is 79.1 cm³/mol. The second kappa shape index (κ2) is 7.82. The van der Waals surface area contributed by atoms with Gasteiger partial charge in [-0.15, -0.1) is 0 Å². The Morgan fingerprint density at radius 1 is 1.19 bits per heavy atom. The van der Waals surface area contributed by atoms with Gasteiger partial charge in [-0.3, -0.25) is 0 Å². The van der Waals surface area contributed by atoms with Gasteiger partial charge in [-0.05, 0) is 30.7 Å². The van der Waals surface area contributed by atoms with E-state index in [2.05, 4.69) is 19.2 Å². The van der Waals surface area contributed by atoms with Crippen LogP contribution in [0, 0.1) is 0 Å². The zero-order valence-corrected chi connectivity index (χ0v) is 13.3. The Kier molecular flexibility index (Phi) is 6.70. The largest absolute Gasteiger partial charge is 0.314 e. The van der Waals surface area contributed by atoms with Gasteiger partial charge in [0.05, 0.1) is 11.4 Å². The van der Waals surface area contributed by atoms with Crippen LogP contribution in [0.1, 0.15) is 19.4 Å². The summed E-state index contributed by atoms with van der Waals surface area (Å²) >= 11 is 0. The van der Waals surface area contributed by atoms with Crippen LogP contribution >= 0.6 is 0 Å². The molecule has 1 N–H and O–H groups in total. The third-order valence-corrected chi connectivity index (χ3v) is 4.83. The Labute approximate surface area is 125 Å². The molecular formula is C14H22F2N2O2S. The van der Waals surface area contributed by atoms with E-state index in [-0.39, 0.29) is 4.90 Å². The standard InChI is InChI=1S/C14H22F2N2O2S/c1-11(2)17-9-8-12-4-6-13(7-5-12)21(19,20)18(3)10-14(15)16/h4-7,11,14,17H,8-10H2,1-3H3. The Hall–Kier alpha value is -1.05. The monoisotopic (exact) mass is 320 g/mol. The fraction of sp³-hybridized carbons (Fsp3) is 0.571. The quantitative estimate of drug-likeness (QED) is 0.798. The molecule has 0 saturated carbocycles. The SMILES string of the molecule is CC(C)NCCc1ccc(S(=O)(=O)N(C)CC(F)F)cc1. The molecule has 0 unspecified atom stereocenters. The molecule has 7 heteroatoms. The molecule has 0 heterocycles. The first-order chi connectivity index (χ1) is 9.73. The molecule has 0 aromatic heterocycles. The molecule has 1 rings (SSSR count). The van der Waals surface area contributed by atoms with E-state index < -0.39 is 23.0 Å². The summed E-state index contributed by atoms with van der Waals surface area (Å²) in [6.45, 7) is 4.10. The molecular weight excluding hydrogens is 298 g/mol. The van der Waals surface area contributed by atoms with Gasteiger partial charge in [-0.2, -0.15) is 4.31 Å². The molecule has 21 heavy (non-hydrogen) atoms. The van der Waals surface area contributed by atoms with Crippen molar-refractivity contribution in [3.8, 4) is 0 Å². The van der Waals surface area contributed by atoms with E-state index in [4.69, 9.17) is 0 Å². The molecule has 0 bridgehead atoms. The highest BCUT2D eigenvalue weighted by molar-refractivity contribution is 7.89. The summed E-state index contributed by atoms with van der Waals surface area (Å²) < 4.78 is 49.4. The number of nitrogens with zero attached hydrogens (tertiary/aromatic N) is 1. The minimum atomic E-state index is -3.85. The molecule has 0 atom stereocenters. The van der Waals surface area contributed by atoms with E-state index >= 15 is 0 Å². The lowest BCUT2D eigenvalue weighted by atomic mass is 10.1. The van der Waals surface area contributed by atoms with Crippen LogP contribution in [0.2, 0.25) is 0 Å². The van der Waals surface area contributed by atoms with Gasteiger partial charge in [0.2, 0.25) is 10.0 Å². The number of hydrogen-bond donors (Lipinski definition) is 1. The molecule has 120 valence electrons. The van der Waals surface area contributed by atoms with Crippen molar-refractivity contribution < 1.29 is 17.2 Å². The van der Waals surface area contributed by atoms with Crippen molar-refractivity contribution in [2.45, 2.75) is 37.6 Å². The molecule has 1 aromatic rings. The number of nitrogens with one attached hydrogen (secondary N) is 1. The van der Waals surface area contributed by atoms with Crippen LogP contribution in [0.3, 0.4) is 0 Å². The minimum absolute atomic E-state index is 0.0335. The molecule has 0 fully saturated rings. The maximum atomic E-state index is 12.3. The highest BCUT2D eigenvalue weighted by atomic mass is 32.2. The van der Waals surface area contributed by atoms with Crippen LogP contribution in [-0.2, 0) is 16.4 Å². The molecule has 0 aliphatic carbocycles. The predicted octanol–water partition coefficient (Wildman–Crippen LogP) is 2.11. The van der Waals surface area contributed by atoms with E-state index in [0.717, 1.165) is 25.6 Å². The van der Waals surface area contributed by atoms with E-state index in [0.29, 0.717) is 10.3 Å². The average Bonchev–Trinajstić information content (AvgIpc) is 2.38. The Morgan fingerprint density at radius 3 is 2.24 bits per heavy atom. The highest BCUT2D eigenvalue weighted by Crippen LogP contribution is 2.16. The van der Waals surface area contributed by atoms with Crippen LogP contribution in [0.5, 0.6) is 0 Å². The first-order valence-electron chi connectivity index (χ1n) is 6.80. The topological polar surface area (TPSA) is 49.4 Å². The van der Waals surface area contributed by atoms with Crippen molar-refractivity contribution >= 4 is 10.0 Å². The zero-order chi connectivity index (χ0) is 16.0. The van der Waals surface area contributed by atoms with Crippen LogP contribution in [-0.4, -0.2) is 45.3 Å². The number of hydrogen-bond acceptors (Lipinski definition) is 3. The number of halogens is 2. The summed E-state index contributed by atoms with van der Waals surface area (Å²) in [6.07, 6.45) is -1.91. The molecule has 1 aromatic carbocycles. The minimum Gasteiger partial charge on any atom is -0.314 e. The number of sulfonamides is 1. The van der Waals surface area contributed by atoms with Crippen molar-refractivity contribution in [3.63, 3.8) is 0 Å². The van der Waals surface area contributed by atoms with E-state index in [9.17, 15) is 17.2 Å². The van der Waals surface area contributed by atoms with Crippen molar-refractivity contribution in [1.29, 1.82) is 0 Å². The molecule has 0 amide bonds. The Balaban J connectivity index is 2.72. The fourth-order valence-electron chi connectivity index (χ4n) is 1.81. The van der Waals surface area contributed by atoms with Gasteiger partial charge >= 0.3 is 0 Å². The summed E-state index contributed by atoms with van der Waals surface area (Å²) in [5.74, 6) is 0. The van der Waals surface area contributed by atoms with Crippen molar-refractivity contribution in [2.24, 2.45) is 0 Å². The van der Waals surface area contributed by atoms with Gasteiger partial charge in [0, 0.05) is 13.1 Å². The summed E-state index contributed by atoms with van der Waals surface area (Å²) in [5.41, 5.74) is 0.999. The highest BCUT2D eigenvalue weighted by Gasteiger charge is 2.23. The number of rotatable bonds is 8. The van der Waals surface area contributed by atoms with E-state index in [1.54, 1.807) is 12.1 Å². The molecule has 0 radical (unpaired) electrons. The van der Waals surface area contributed by atoms with Gasteiger partial charge < -0.3 is 5.32 Å². The molecule has 0 saturated heterocycles. The van der Waals surface area contributed by atoms with Gasteiger partial charge in [-0.1, -0.05) is 26.0 Å². The first kappa shape index (κ1) is 18.0. The van der Waals surface area contributed by atoms with Crippen LogP contribution in [0.4, 0.5) is 8.78 Å². The normalized spacial score (nSPS) is 12.6. The van der Waals surface area contributed by atoms with Crippen molar-refractivity contribution in [1.82, 2.24) is 9.62 Å². The first-order valence-corrected chi connectivity index (χ1v) is 8.24. The van der Waals surface area contributed by atoms with Gasteiger partial charge in [0.1, 0.15) is 0 Å². The molecule has 4 nitrogen and oxygen atoms in total. The Bertz CT molecular complexity index is 530. The lowest BCUT2D eigenvalue weighted by molar-refractivity contribution is 0.126. The smallest absolute Gasteiger partial charge is 0.252 e. The maximum absolute atomic E-state index is 12.3. The second-order valence-electron chi connectivity index (χ2n) is 5.18. The van der Waals surface area contributed by atoms with Crippen LogP contribution in [0.15, 0.2) is 29.2 Å². The van der Waals surface area contributed by atoms with Crippen LogP contribution < -0.4 is 5.32 Å². The number of benzene rings is 1. The third kappa shape index (κ3) is 5.68. The maximum Gasteiger partial charge on any atom is 0.252 e. The van der Waals surface area contributed by atoms with Gasteiger partial charge in [-0.25, -0.2) is 17.2 Å². The number of alkyl halides is 2.